The summed E-state index contributed by atoms with van der Waals surface area (Å²) < 4.78 is 18.1. The number of ether oxygens (including phenoxy) is 1. The predicted octanol–water partition coefficient (Wildman–Crippen LogP) is 1.19. The maximum absolute atomic E-state index is 12.4. The van der Waals surface area contributed by atoms with Gasteiger partial charge in [0.1, 0.15) is 5.60 Å². The van der Waals surface area contributed by atoms with Crippen molar-refractivity contribution in [3.63, 3.8) is 0 Å². The van der Waals surface area contributed by atoms with Gasteiger partial charge in [0.15, 0.2) is 0 Å². The lowest BCUT2D eigenvalue weighted by molar-refractivity contribution is -0.153. The Morgan fingerprint density at radius 2 is 2.36 bits per heavy atom. The van der Waals surface area contributed by atoms with Crippen LogP contribution in [0.2, 0.25) is 0 Å². The van der Waals surface area contributed by atoms with E-state index in [9.17, 15) is 19.5 Å². The molecule has 2 aliphatic rings. The summed E-state index contributed by atoms with van der Waals surface area (Å²) in [6, 6.07) is -0.772. The molecule has 1 heterocycles. The first-order chi connectivity index (χ1) is 11.9. The third-order valence-electron chi connectivity index (χ3n) is 5.06. The van der Waals surface area contributed by atoms with E-state index in [0.29, 0.717) is 0 Å². The van der Waals surface area contributed by atoms with Crippen molar-refractivity contribution in [3.05, 3.63) is 12.2 Å². The minimum Gasteiger partial charge on any atom is -0.458 e. The minimum absolute atomic E-state index is 0.0577. The second-order valence-electron chi connectivity index (χ2n) is 6.52. The molecule has 0 saturated carbocycles. The summed E-state index contributed by atoms with van der Waals surface area (Å²) in [5.41, 5.74) is -1.28. The van der Waals surface area contributed by atoms with Gasteiger partial charge >= 0.3 is 5.97 Å². The normalized spacial score (nSPS) is 32.8. The van der Waals surface area contributed by atoms with Crippen molar-refractivity contribution in [3.8, 4) is 0 Å². The van der Waals surface area contributed by atoms with Crippen LogP contribution in [0.3, 0.4) is 0 Å². The molecule has 1 amide bonds. The second kappa shape index (κ2) is 8.68. The summed E-state index contributed by atoms with van der Waals surface area (Å²) in [6.45, 7) is 1.84. The van der Waals surface area contributed by atoms with Crippen molar-refractivity contribution in [1.29, 1.82) is 0 Å². The fourth-order valence-electron chi connectivity index (χ4n) is 3.69. The highest BCUT2D eigenvalue weighted by Crippen LogP contribution is 2.39. The highest BCUT2D eigenvalue weighted by molar-refractivity contribution is 7.89. The number of hydrogen-bond acceptors (Lipinski definition) is 8. The van der Waals surface area contributed by atoms with Crippen molar-refractivity contribution < 1.29 is 33.0 Å². The van der Waals surface area contributed by atoms with Crippen molar-refractivity contribution in [2.45, 2.75) is 56.8 Å². The fourth-order valence-corrected chi connectivity index (χ4v) is 3.86. The maximum Gasteiger partial charge on any atom is 0.319 e. The van der Waals surface area contributed by atoms with Gasteiger partial charge in [-0.25, -0.2) is 0 Å². The number of allylic oxidation sites excluding steroid dienone is 1. The van der Waals surface area contributed by atoms with Gasteiger partial charge in [0.25, 0.3) is 6.47 Å². The smallest absolute Gasteiger partial charge is 0.319 e. The lowest BCUT2D eigenvalue weighted by Crippen LogP contribution is -2.54. The Bertz CT molecular complexity index is 541. The average molecular weight is 373 g/mol. The van der Waals surface area contributed by atoms with Crippen molar-refractivity contribution in [2.24, 2.45) is 11.8 Å². The molecule has 0 bridgehead atoms. The molecule has 0 unspecified atom stereocenters. The van der Waals surface area contributed by atoms with Crippen LogP contribution in [0, 0.1) is 11.8 Å². The quantitative estimate of drug-likeness (QED) is 0.329. The number of hydrogen-bond donors (Lipinski definition) is 3. The van der Waals surface area contributed by atoms with E-state index in [1.807, 2.05) is 12.2 Å². The molecule has 3 N–H and O–H groups in total. The van der Waals surface area contributed by atoms with Crippen LogP contribution in [-0.2, 0) is 23.3 Å². The molecule has 1 fully saturated rings. The summed E-state index contributed by atoms with van der Waals surface area (Å²) in [7, 11) is 0. The van der Waals surface area contributed by atoms with Crippen LogP contribution < -0.4 is 5.32 Å². The van der Waals surface area contributed by atoms with Gasteiger partial charge in [-0.3, -0.25) is 18.9 Å². The SMILES string of the molecule is C[C@]1(OC=O)[C@@H](CCC(=O)OSO)C(=O)N[C@H]1[C@@H](O)[C@@H]1C=CCCC1. The first kappa shape index (κ1) is 19.7. The van der Waals surface area contributed by atoms with Crippen LogP contribution >= 0.6 is 12.3 Å². The molecule has 0 spiro atoms. The van der Waals surface area contributed by atoms with Crippen LogP contribution in [0.4, 0.5) is 0 Å². The first-order valence-electron chi connectivity index (χ1n) is 8.21. The zero-order chi connectivity index (χ0) is 18.4. The van der Waals surface area contributed by atoms with Gasteiger partial charge < -0.3 is 19.3 Å². The summed E-state index contributed by atoms with van der Waals surface area (Å²) in [6.07, 6.45) is 5.63. The van der Waals surface area contributed by atoms with Crippen LogP contribution in [-0.4, -0.2) is 45.8 Å². The van der Waals surface area contributed by atoms with E-state index >= 15 is 0 Å². The number of carbonyl (C=O) groups is 3. The van der Waals surface area contributed by atoms with Gasteiger partial charge in [-0.15, -0.1) is 0 Å². The third kappa shape index (κ3) is 4.34. The van der Waals surface area contributed by atoms with Crippen molar-refractivity contribution >= 4 is 30.7 Å². The van der Waals surface area contributed by atoms with Gasteiger partial charge in [0.05, 0.1) is 18.1 Å². The summed E-state index contributed by atoms with van der Waals surface area (Å²) in [5, 5.41) is 13.5. The Morgan fingerprint density at radius 3 is 2.96 bits per heavy atom. The molecule has 0 aromatic heterocycles. The van der Waals surface area contributed by atoms with Crippen molar-refractivity contribution in [2.75, 3.05) is 0 Å². The number of aliphatic hydroxyl groups excluding tert-OH is 1. The summed E-state index contributed by atoms with van der Waals surface area (Å²) in [5.74, 6) is -2.02. The van der Waals surface area contributed by atoms with E-state index in [1.54, 1.807) is 6.92 Å². The number of amides is 1. The molecule has 9 heteroatoms. The minimum atomic E-state index is -1.28. The number of rotatable bonds is 8. The molecule has 0 radical (unpaired) electrons. The molecule has 0 aromatic rings. The topological polar surface area (TPSA) is 122 Å². The first-order valence-corrected chi connectivity index (χ1v) is 8.91. The van der Waals surface area contributed by atoms with Gasteiger partial charge in [0.2, 0.25) is 18.2 Å². The second-order valence-corrected chi connectivity index (χ2v) is 6.83. The highest BCUT2D eigenvalue weighted by atomic mass is 32.2. The molecule has 140 valence electrons. The highest BCUT2D eigenvalue weighted by Gasteiger charge is 2.57. The number of carbonyl (C=O) groups excluding carboxylic acids is 3. The Balaban J connectivity index is 2.15. The van der Waals surface area contributed by atoms with Crippen molar-refractivity contribution in [1.82, 2.24) is 5.32 Å². The Labute approximate surface area is 150 Å². The molecule has 25 heavy (non-hydrogen) atoms. The predicted molar refractivity (Wildman–Crippen MR) is 89.0 cm³/mol. The van der Waals surface area contributed by atoms with E-state index in [0.717, 1.165) is 19.3 Å². The van der Waals surface area contributed by atoms with E-state index in [4.69, 9.17) is 9.29 Å². The number of aliphatic hydroxyl groups is 1. The van der Waals surface area contributed by atoms with E-state index in [-0.39, 0.29) is 37.6 Å². The molecule has 1 saturated heterocycles. The molecule has 8 nitrogen and oxygen atoms in total. The largest absolute Gasteiger partial charge is 0.458 e. The molecular weight excluding hydrogens is 350 g/mol. The Hall–Kier alpha value is -1.58. The molecule has 5 atom stereocenters. The molecule has 2 rings (SSSR count). The zero-order valence-corrected chi connectivity index (χ0v) is 14.7. The standard InChI is InChI=1S/C16H23NO7S/c1-16(23-9-18)11(7-8-12(19)24-25-22)15(21)17-14(16)13(20)10-5-3-2-4-6-10/h3,5,9-11,13-14,20,22H,2,4,6-8H2,1H3,(H,17,21)/t10-,11+,13+,14+,16+/m1/s1. The monoisotopic (exact) mass is 373 g/mol. The summed E-state index contributed by atoms with van der Waals surface area (Å²) in [4.78, 5) is 34.8. The lowest BCUT2D eigenvalue weighted by Gasteiger charge is -2.37. The average Bonchev–Trinajstić information content (AvgIpc) is 2.84. The van der Waals surface area contributed by atoms with Gasteiger partial charge in [-0.2, -0.15) is 0 Å². The molecular formula is C16H23NO7S. The van der Waals surface area contributed by atoms with E-state index in [1.165, 1.54) is 0 Å². The summed E-state index contributed by atoms with van der Waals surface area (Å²) >= 11 is -0.0577. The molecule has 1 aliphatic heterocycles. The van der Waals surface area contributed by atoms with Crippen LogP contribution in [0.5, 0.6) is 0 Å². The molecule has 1 aliphatic carbocycles. The van der Waals surface area contributed by atoms with Gasteiger partial charge in [-0.05, 0) is 32.6 Å². The maximum atomic E-state index is 12.4. The van der Waals surface area contributed by atoms with E-state index in [2.05, 4.69) is 9.50 Å². The zero-order valence-electron chi connectivity index (χ0n) is 13.9. The van der Waals surface area contributed by atoms with Crippen LogP contribution in [0.25, 0.3) is 0 Å². The Morgan fingerprint density at radius 1 is 1.60 bits per heavy atom. The number of nitrogens with one attached hydrogen (secondary N) is 1. The van der Waals surface area contributed by atoms with Crippen LogP contribution in [0.1, 0.15) is 39.0 Å². The third-order valence-corrected chi connectivity index (χ3v) is 5.33. The Kier molecular flexibility index (Phi) is 6.86. The van der Waals surface area contributed by atoms with Crippen LogP contribution in [0.15, 0.2) is 12.2 Å². The van der Waals surface area contributed by atoms with Gasteiger partial charge in [-0.1, -0.05) is 12.2 Å². The van der Waals surface area contributed by atoms with Gasteiger partial charge in [0, 0.05) is 12.3 Å². The lowest BCUT2D eigenvalue weighted by atomic mass is 9.77. The molecule has 0 aromatic carbocycles. The fraction of sp³-hybridized carbons (Fsp3) is 0.688. The van der Waals surface area contributed by atoms with E-state index < -0.39 is 35.5 Å².